The molecule has 1 aromatic heterocycles. The van der Waals surface area contributed by atoms with Crippen LogP contribution in [-0.2, 0) is 25.9 Å². The molecule has 1 aliphatic carbocycles. The fourth-order valence-electron chi connectivity index (χ4n) is 5.98. The van der Waals surface area contributed by atoms with Gasteiger partial charge in [0.15, 0.2) is 11.8 Å². The predicted octanol–water partition coefficient (Wildman–Crippen LogP) is 3.28. The number of aromatic nitrogens is 1. The summed E-state index contributed by atoms with van der Waals surface area (Å²) in [5, 5.41) is 0. The maximum Gasteiger partial charge on any atom is 0.228 e. The number of likely N-dealkylation sites (tertiary alicyclic amines) is 1. The zero-order valence-electron chi connectivity index (χ0n) is 16.3. The number of pyridine rings is 1. The van der Waals surface area contributed by atoms with Crippen LogP contribution in [0.15, 0.2) is 24.4 Å². The summed E-state index contributed by atoms with van der Waals surface area (Å²) in [6.07, 6.45) is 5.22. The van der Waals surface area contributed by atoms with Crippen LogP contribution in [0.3, 0.4) is 0 Å². The Bertz CT molecular complexity index is 743. The summed E-state index contributed by atoms with van der Waals surface area (Å²) in [6, 6.07) is 5.80. The molecule has 1 saturated carbocycles. The van der Waals surface area contributed by atoms with Crippen LogP contribution in [0.4, 0.5) is 0 Å². The number of hydrogen-bond acceptors (Lipinski definition) is 5. The Hall–Kier alpha value is -1.50. The van der Waals surface area contributed by atoms with E-state index in [4.69, 9.17) is 14.5 Å². The van der Waals surface area contributed by atoms with Gasteiger partial charge in [-0.05, 0) is 50.2 Å². The SMILES string of the molecule is C[C@@H]1CC[C@H]2[C@@H](C)C(=O)N(Cc3ccccn3)[C@@H]3O[C@@]4(C)CC[C@@H]1[C@@]23OO4. The summed E-state index contributed by atoms with van der Waals surface area (Å²) in [5.41, 5.74) is 0.276. The number of nitrogens with zero attached hydrogens (tertiary/aromatic N) is 2. The molecule has 1 amide bonds. The Kier molecular flexibility index (Phi) is 3.91. The van der Waals surface area contributed by atoms with E-state index in [-0.39, 0.29) is 17.7 Å². The fourth-order valence-corrected chi connectivity index (χ4v) is 5.98. The third-order valence-corrected chi connectivity index (χ3v) is 7.42. The average molecular weight is 372 g/mol. The topological polar surface area (TPSA) is 60.9 Å². The summed E-state index contributed by atoms with van der Waals surface area (Å²) >= 11 is 0. The molecule has 5 heterocycles. The second-order valence-electron chi connectivity index (χ2n) is 9.01. The summed E-state index contributed by atoms with van der Waals surface area (Å²) in [6.45, 7) is 6.71. The van der Waals surface area contributed by atoms with Crippen LogP contribution in [0.1, 0.15) is 52.1 Å². The van der Waals surface area contributed by atoms with Crippen molar-refractivity contribution >= 4 is 5.91 Å². The molecule has 6 nitrogen and oxygen atoms in total. The van der Waals surface area contributed by atoms with Crippen molar-refractivity contribution in [2.24, 2.45) is 23.7 Å². The number of rotatable bonds is 2. The first-order valence-electron chi connectivity index (χ1n) is 10.2. The number of ether oxygens (including phenoxy) is 1. The molecule has 0 unspecified atom stereocenters. The van der Waals surface area contributed by atoms with Gasteiger partial charge in [-0.15, -0.1) is 0 Å². The maximum absolute atomic E-state index is 13.4. The first kappa shape index (κ1) is 17.6. The lowest BCUT2D eigenvalue weighted by atomic mass is 9.57. The third-order valence-electron chi connectivity index (χ3n) is 7.42. The van der Waals surface area contributed by atoms with E-state index in [1.54, 1.807) is 6.20 Å². The quantitative estimate of drug-likeness (QED) is 0.746. The van der Waals surface area contributed by atoms with E-state index >= 15 is 0 Å². The van der Waals surface area contributed by atoms with Gasteiger partial charge in [-0.1, -0.05) is 19.9 Å². The highest BCUT2D eigenvalue weighted by atomic mass is 17.3. The lowest BCUT2D eigenvalue weighted by Gasteiger charge is -2.61. The Labute approximate surface area is 160 Å². The number of carbonyl (C=O) groups is 1. The van der Waals surface area contributed by atoms with E-state index in [9.17, 15) is 4.79 Å². The molecule has 0 radical (unpaired) electrons. The van der Waals surface area contributed by atoms with Gasteiger partial charge < -0.3 is 9.64 Å². The molecule has 0 N–H and O–H groups in total. The van der Waals surface area contributed by atoms with Gasteiger partial charge in [-0.25, -0.2) is 9.78 Å². The Morgan fingerprint density at radius 3 is 2.81 bits per heavy atom. The van der Waals surface area contributed by atoms with Crippen LogP contribution in [-0.4, -0.2) is 33.4 Å². The molecule has 5 fully saturated rings. The van der Waals surface area contributed by atoms with E-state index in [1.165, 1.54) is 0 Å². The molecule has 1 aromatic rings. The molecule has 5 aliphatic rings. The van der Waals surface area contributed by atoms with Crippen LogP contribution < -0.4 is 0 Å². The Morgan fingerprint density at radius 2 is 2.04 bits per heavy atom. The lowest BCUT2D eigenvalue weighted by molar-refractivity contribution is -0.548. The van der Waals surface area contributed by atoms with E-state index in [1.807, 2.05) is 36.9 Å². The van der Waals surface area contributed by atoms with E-state index in [2.05, 4.69) is 11.9 Å². The van der Waals surface area contributed by atoms with Crippen molar-refractivity contribution in [3.8, 4) is 0 Å². The van der Waals surface area contributed by atoms with Crippen LogP contribution in [0, 0.1) is 23.7 Å². The molecule has 4 saturated heterocycles. The fraction of sp³-hybridized carbons (Fsp3) is 0.714. The lowest BCUT2D eigenvalue weighted by Crippen LogP contribution is -2.74. The zero-order valence-corrected chi connectivity index (χ0v) is 16.3. The van der Waals surface area contributed by atoms with Crippen molar-refractivity contribution in [2.75, 3.05) is 0 Å². The van der Waals surface area contributed by atoms with Gasteiger partial charge in [0.2, 0.25) is 11.7 Å². The van der Waals surface area contributed by atoms with E-state index in [0.29, 0.717) is 18.4 Å². The minimum atomic E-state index is -0.805. The van der Waals surface area contributed by atoms with Crippen LogP contribution in [0.5, 0.6) is 0 Å². The monoisotopic (exact) mass is 372 g/mol. The van der Waals surface area contributed by atoms with Crippen LogP contribution in [0.25, 0.3) is 0 Å². The smallest absolute Gasteiger partial charge is 0.228 e. The number of fused-ring (bicyclic) bond motifs is 2. The molecule has 6 heteroatoms. The number of piperidine rings is 1. The predicted molar refractivity (Wildman–Crippen MR) is 96.7 cm³/mol. The highest BCUT2D eigenvalue weighted by Gasteiger charge is 2.70. The first-order chi connectivity index (χ1) is 12.9. The molecule has 2 bridgehead atoms. The molecule has 27 heavy (non-hydrogen) atoms. The molecule has 6 rings (SSSR count). The van der Waals surface area contributed by atoms with Gasteiger partial charge in [0.1, 0.15) is 0 Å². The minimum absolute atomic E-state index is 0.116. The second-order valence-corrected chi connectivity index (χ2v) is 9.01. The van der Waals surface area contributed by atoms with Crippen molar-refractivity contribution in [1.82, 2.24) is 9.88 Å². The van der Waals surface area contributed by atoms with Crippen molar-refractivity contribution < 1.29 is 19.3 Å². The molecular formula is C21H28N2O4. The van der Waals surface area contributed by atoms with Crippen molar-refractivity contribution in [1.29, 1.82) is 0 Å². The molecule has 0 aromatic carbocycles. The Balaban J connectivity index is 1.61. The minimum Gasteiger partial charge on any atom is -0.321 e. The average Bonchev–Trinajstić information content (AvgIpc) is 2.91. The van der Waals surface area contributed by atoms with Crippen molar-refractivity contribution in [2.45, 2.75) is 70.6 Å². The number of amides is 1. The molecule has 146 valence electrons. The van der Waals surface area contributed by atoms with Crippen molar-refractivity contribution in [3.05, 3.63) is 30.1 Å². The second kappa shape index (κ2) is 6.00. The summed E-state index contributed by atoms with van der Waals surface area (Å²) < 4.78 is 6.51. The van der Waals surface area contributed by atoms with E-state index < -0.39 is 17.6 Å². The molecular weight excluding hydrogens is 344 g/mol. The summed E-state index contributed by atoms with van der Waals surface area (Å²) in [7, 11) is 0. The highest BCUT2D eigenvalue weighted by molar-refractivity contribution is 5.80. The summed E-state index contributed by atoms with van der Waals surface area (Å²) in [5.74, 6) is 0.185. The third kappa shape index (κ3) is 2.43. The van der Waals surface area contributed by atoms with E-state index in [0.717, 1.165) is 31.4 Å². The highest BCUT2D eigenvalue weighted by Crippen LogP contribution is 2.60. The summed E-state index contributed by atoms with van der Waals surface area (Å²) in [4.78, 5) is 31.8. The van der Waals surface area contributed by atoms with Gasteiger partial charge in [-0.2, -0.15) is 0 Å². The maximum atomic E-state index is 13.4. The van der Waals surface area contributed by atoms with Gasteiger partial charge in [0, 0.05) is 24.5 Å². The zero-order chi connectivity index (χ0) is 18.8. The Morgan fingerprint density at radius 1 is 1.19 bits per heavy atom. The number of carbonyl (C=O) groups excluding carboxylic acids is 1. The van der Waals surface area contributed by atoms with Crippen LogP contribution in [0.2, 0.25) is 0 Å². The molecule has 7 atom stereocenters. The molecule has 4 aliphatic heterocycles. The first-order valence-corrected chi connectivity index (χ1v) is 10.2. The van der Waals surface area contributed by atoms with Gasteiger partial charge in [-0.3, -0.25) is 9.78 Å². The van der Waals surface area contributed by atoms with Crippen LogP contribution >= 0.6 is 0 Å². The largest absolute Gasteiger partial charge is 0.321 e. The van der Waals surface area contributed by atoms with Gasteiger partial charge in [0.05, 0.1) is 12.2 Å². The van der Waals surface area contributed by atoms with Gasteiger partial charge >= 0.3 is 0 Å². The van der Waals surface area contributed by atoms with Gasteiger partial charge in [0.25, 0.3) is 0 Å². The van der Waals surface area contributed by atoms with Crippen molar-refractivity contribution in [3.63, 3.8) is 0 Å². The molecule has 1 spiro atoms. The normalized spacial score (nSPS) is 46.1. The number of hydrogen-bond donors (Lipinski definition) is 0. The standard InChI is InChI=1S/C21H28N2O4/c1-13-7-8-17-14(2)18(24)23(12-15-6-4-5-11-22-15)19-21(17)16(13)9-10-20(3,25-19)26-27-21/h4-6,11,13-14,16-17,19H,7-10,12H2,1-3H3/t13-,14-,16+,17+,19-,20-,21-/m1/s1.